The molecule has 5 rings (SSSR count). The zero-order chi connectivity index (χ0) is 31.9. The normalized spacial score (nSPS) is 13.5. The minimum atomic E-state index is -1.38. The maximum Gasteiger partial charge on any atom is 0.130 e. The van der Waals surface area contributed by atoms with Crippen LogP contribution >= 0.6 is 0 Å². The number of benzene rings is 3. The van der Waals surface area contributed by atoms with E-state index in [0.29, 0.717) is 21.9 Å². The maximum atomic E-state index is 12.6. The number of likely N-dealkylation sites (N-methyl/N-ethyl adjacent to an activating group) is 1. The van der Waals surface area contributed by atoms with Crippen molar-refractivity contribution in [2.45, 2.75) is 50.4 Å². The van der Waals surface area contributed by atoms with Gasteiger partial charge in [0.1, 0.15) is 30.2 Å². The first-order valence-corrected chi connectivity index (χ1v) is 15.8. The van der Waals surface area contributed by atoms with Crippen LogP contribution in [0.3, 0.4) is 0 Å². The summed E-state index contributed by atoms with van der Waals surface area (Å²) in [5.41, 5.74) is 6.22. The highest BCUT2D eigenvalue weighted by Crippen LogP contribution is 2.27. The van der Waals surface area contributed by atoms with Gasteiger partial charge in [0.05, 0.1) is 50.6 Å². The lowest BCUT2D eigenvalue weighted by molar-refractivity contribution is -0.930. The van der Waals surface area contributed by atoms with E-state index in [-0.39, 0.29) is 11.8 Å². The molecule has 0 radical (unpaired) electrons. The molecule has 2 aromatic heterocycles. The molecule has 0 saturated heterocycles. The molecule has 0 amide bonds. The maximum absolute atomic E-state index is 12.6. The summed E-state index contributed by atoms with van der Waals surface area (Å²) < 4.78 is 24.0. The number of hydrogen-bond donors (Lipinski definition) is 1. The van der Waals surface area contributed by atoms with E-state index in [1.165, 1.54) is 5.56 Å². The van der Waals surface area contributed by atoms with E-state index < -0.39 is 16.9 Å². The van der Waals surface area contributed by atoms with Crippen molar-refractivity contribution in [1.29, 1.82) is 0 Å². The summed E-state index contributed by atoms with van der Waals surface area (Å²) in [6.45, 7) is 6.87. The summed E-state index contributed by atoms with van der Waals surface area (Å²) in [5.74, 6) is 1.71. The minimum Gasteiger partial charge on any atom is -0.497 e. The van der Waals surface area contributed by atoms with Crippen LogP contribution in [0, 0.1) is 13.8 Å². The van der Waals surface area contributed by atoms with Crippen LogP contribution in [0.15, 0.2) is 90.2 Å². The molecule has 5 aromatic rings. The van der Waals surface area contributed by atoms with E-state index in [1.807, 2.05) is 50.2 Å². The Morgan fingerprint density at radius 1 is 0.955 bits per heavy atom. The quantitative estimate of drug-likeness (QED) is 0.195. The van der Waals surface area contributed by atoms with Gasteiger partial charge in [-0.25, -0.2) is 0 Å². The minimum absolute atomic E-state index is 0.123. The Bertz CT molecular complexity index is 1690. The Hall–Kier alpha value is -4.05. The van der Waals surface area contributed by atoms with Crippen LogP contribution in [0.1, 0.15) is 41.0 Å². The SMILES string of the molecule is COc1ccc2[n-]c([S@@](=O)Cc3ncc(C)c(OC)c3C)nc2c1.C[C@@H]([C@H](O)c1ccccc1)[N+](C)(C)Cc1ccccc1. The molecular formula is C35H42N4O4S. The van der Waals surface area contributed by atoms with Gasteiger partial charge in [0, 0.05) is 28.0 Å². The molecule has 232 valence electrons. The van der Waals surface area contributed by atoms with E-state index in [1.54, 1.807) is 38.6 Å². The number of nitrogens with zero attached hydrogens (tertiary/aromatic N) is 4. The molecular weight excluding hydrogens is 572 g/mol. The highest BCUT2D eigenvalue weighted by atomic mass is 32.2. The summed E-state index contributed by atoms with van der Waals surface area (Å²) in [4.78, 5) is 13.1. The van der Waals surface area contributed by atoms with E-state index in [9.17, 15) is 9.32 Å². The molecule has 2 heterocycles. The Kier molecular flexibility index (Phi) is 10.9. The number of hydrogen-bond acceptors (Lipinski definition) is 6. The van der Waals surface area contributed by atoms with E-state index in [0.717, 1.165) is 39.2 Å². The molecule has 44 heavy (non-hydrogen) atoms. The summed E-state index contributed by atoms with van der Waals surface area (Å²) in [6, 6.07) is 25.9. The molecule has 1 N–H and O–H groups in total. The highest BCUT2D eigenvalue weighted by molar-refractivity contribution is 7.84. The number of aliphatic hydroxyl groups is 1. The van der Waals surface area contributed by atoms with Crippen LogP contribution in [0.5, 0.6) is 11.5 Å². The molecule has 3 atom stereocenters. The standard InChI is InChI=1S/C18H24NO.C17H18N3O3S/c1-15(18(20)17-12-8-5-9-13-17)19(2,3)14-16-10-6-4-7-11-16;1-10-8-18-15(11(2)16(10)23-4)9-24(21)17-19-13-6-5-12(22-3)7-14(13)20-17/h4-13,15,18,20H,14H2,1-3H3;5-8H,9H2,1-4H3/q+1;-1/t15-,18-;24-/m00/s1. The van der Waals surface area contributed by atoms with Gasteiger partial charge < -0.3 is 29.0 Å². The van der Waals surface area contributed by atoms with Crippen molar-refractivity contribution in [1.82, 2.24) is 15.0 Å². The van der Waals surface area contributed by atoms with Gasteiger partial charge in [-0.3, -0.25) is 9.19 Å². The molecule has 0 fully saturated rings. The predicted molar refractivity (Wildman–Crippen MR) is 175 cm³/mol. The smallest absolute Gasteiger partial charge is 0.130 e. The van der Waals surface area contributed by atoms with Crippen molar-refractivity contribution >= 4 is 21.8 Å². The van der Waals surface area contributed by atoms with E-state index >= 15 is 0 Å². The van der Waals surface area contributed by atoms with Crippen LogP contribution in [-0.4, -0.2) is 58.1 Å². The van der Waals surface area contributed by atoms with Gasteiger partial charge in [0.15, 0.2) is 0 Å². The number of ether oxygens (including phenoxy) is 2. The second-order valence-corrected chi connectivity index (χ2v) is 12.8. The van der Waals surface area contributed by atoms with Crippen molar-refractivity contribution in [3.8, 4) is 11.5 Å². The number of aromatic nitrogens is 3. The Balaban J connectivity index is 0.000000204. The molecule has 0 aliphatic heterocycles. The second-order valence-electron chi connectivity index (χ2n) is 11.4. The van der Waals surface area contributed by atoms with E-state index in [4.69, 9.17) is 9.47 Å². The molecule has 0 unspecified atom stereocenters. The van der Waals surface area contributed by atoms with Gasteiger partial charge in [-0.1, -0.05) is 66.7 Å². The molecule has 0 bridgehead atoms. The molecule has 0 spiro atoms. The monoisotopic (exact) mass is 614 g/mol. The van der Waals surface area contributed by atoms with Crippen LogP contribution < -0.4 is 14.5 Å². The lowest BCUT2D eigenvalue weighted by Gasteiger charge is -2.38. The topological polar surface area (TPSA) is 95.6 Å². The number of imidazole rings is 1. The van der Waals surface area contributed by atoms with Gasteiger partial charge in [-0.2, -0.15) is 0 Å². The summed E-state index contributed by atoms with van der Waals surface area (Å²) >= 11 is 0. The summed E-state index contributed by atoms with van der Waals surface area (Å²) in [6.07, 6.45) is 1.28. The third-order valence-corrected chi connectivity index (χ3v) is 9.09. The molecule has 9 heteroatoms. The van der Waals surface area contributed by atoms with Crippen molar-refractivity contribution < 1.29 is 23.3 Å². The predicted octanol–water partition coefficient (Wildman–Crippen LogP) is 5.91. The number of aryl methyl sites for hydroxylation is 1. The number of quaternary nitrogens is 1. The first-order chi connectivity index (χ1) is 21.0. The third-order valence-electron chi connectivity index (χ3n) is 7.97. The number of methoxy groups -OCH3 is 2. The summed E-state index contributed by atoms with van der Waals surface area (Å²) in [7, 11) is 6.17. The van der Waals surface area contributed by atoms with E-state index in [2.05, 4.69) is 60.2 Å². The number of pyridine rings is 1. The van der Waals surface area contributed by atoms with Crippen LogP contribution in [0.2, 0.25) is 0 Å². The van der Waals surface area contributed by atoms with Crippen LogP contribution in [0.4, 0.5) is 0 Å². The molecule has 0 saturated carbocycles. The molecule has 0 aliphatic carbocycles. The van der Waals surface area contributed by atoms with Gasteiger partial charge >= 0.3 is 0 Å². The largest absolute Gasteiger partial charge is 0.497 e. The van der Waals surface area contributed by atoms with Crippen LogP contribution in [0.25, 0.3) is 11.0 Å². The number of rotatable bonds is 10. The third kappa shape index (κ3) is 7.91. The van der Waals surface area contributed by atoms with Gasteiger partial charge in [0.25, 0.3) is 0 Å². The van der Waals surface area contributed by atoms with Crippen LogP contribution in [-0.2, 0) is 23.1 Å². The lowest BCUT2D eigenvalue weighted by Crippen LogP contribution is -2.49. The van der Waals surface area contributed by atoms with Crippen molar-refractivity contribution in [2.24, 2.45) is 0 Å². The highest BCUT2D eigenvalue weighted by Gasteiger charge is 2.31. The zero-order valence-corrected chi connectivity index (χ0v) is 27.3. The Morgan fingerprint density at radius 3 is 2.25 bits per heavy atom. The molecule has 8 nitrogen and oxygen atoms in total. The fourth-order valence-corrected chi connectivity index (χ4v) is 6.13. The Morgan fingerprint density at radius 2 is 1.61 bits per heavy atom. The first-order valence-electron chi connectivity index (χ1n) is 14.5. The fraction of sp³-hybridized carbons (Fsp3) is 0.314. The second kappa shape index (κ2) is 14.6. The van der Waals surface area contributed by atoms with Crippen molar-refractivity contribution in [2.75, 3.05) is 28.3 Å². The van der Waals surface area contributed by atoms with Crippen molar-refractivity contribution in [3.63, 3.8) is 0 Å². The molecule has 0 aliphatic rings. The van der Waals surface area contributed by atoms with Gasteiger partial charge in [-0.05, 0) is 49.5 Å². The summed E-state index contributed by atoms with van der Waals surface area (Å²) in [5, 5.41) is 10.9. The lowest BCUT2D eigenvalue weighted by atomic mass is 10.0. The van der Waals surface area contributed by atoms with Crippen molar-refractivity contribution in [3.05, 3.63) is 113 Å². The van der Waals surface area contributed by atoms with Gasteiger partial charge in [-0.15, -0.1) is 0 Å². The first kappa shape index (κ1) is 32.9. The zero-order valence-electron chi connectivity index (χ0n) is 26.5. The Labute approximate surface area is 262 Å². The number of aliphatic hydroxyl groups excluding tert-OH is 1. The fourth-order valence-electron chi connectivity index (χ4n) is 5.06. The number of fused-ring (bicyclic) bond motifs is 1. The molecule has 3 aromatic carbocycles. The van der Waals surface area contributed by atoms with Gasteiger partial charge in [0.2, 0.25) is 0 Å². The average Bonchev–Trinajstić information content (AvgIpc) is 3.47. The average molecular weight is 615 g/mol.